The van der Waals surface area contributed by atoms with Crippen molar-refractivity contribution in [2.45, 2.75) is 32.2 Å². The number of aryl methyl sites for hydroxylation is 1. The minimum atomic E-state index is 0.0551. The number of methoxy groups -OCH3 is 1. The molecule has 3 heterocycles. The SMILES string of the molecule is CCn1ccnc1[C@H]1CCCN(C(=O)c2cc3cc(OC)ccc3[nH]2)C1. The van der Waals surface area contributed by atoms with Gasteiger partial charge in [-0.15, -0.1) is 0 Å². The maximum atomic E-state index is 13.0. The third-order valence-corrected chi connectivity index (χ3v) is 5.22. The number of amides is 1. The molecule has 0 saturated carbocycles. The van der Waals surface area contributed by atoms with Gasteiger partial charge in [0, 0.05) is 48.8 Å². The average Bonchev–Trinajstić information content (AvgIpc) is 3.33. The third kappa shape index (κ3) is 2.96. The van der Waals surface area contributed by atoms with Gasteiger partial charge in [0.1, 0.15) is 17.3 Å². The van der Waals surface area contributed by atoms with Crippen molar-refractivity contribution < 1.29 is 9.53 Å². The number of H-pyrrole nitrogens is 1. The van der Waals surface area contributed by atoms with E-state index in [-0.39, 0.29) is 5.91 Å². The molecule has 0 unspecified atom stereocenters. The zero-order valence-electron chi connectivity index (χ0n) is 15.2. The molecule has 26 heavy (non-hydrogen) atoms. The van der Waals surface area contributed by atoms with Crippen LogP contribution in [-0.2, 0) is 6.54 Å². The number of aromatic nitrogens is 3. The summed E-state index contributed by atoms with van der Waals surface area (Å²) < 4.78 is 7.44. The molecule has 136 valence electrons. The number of nitrogens with one attached hydrogen (secondary N) is 1. The van der Waals surface area contributed by atoms with E-state index in [1.54, 1.807) is 7.11 Å². The lowest BCUT2D eigenvalue weighted by Crippen LogP contribution is -2.39. The Morgan fingerprint density at radius 1 is 1.38 bits per heavy atom. The summed E-state index contributed by atoms with van der Waals surface area (Å²) in [7, 11) is 1.65. The predicted octanol–water partition coefficient (Wildman–Crippen LogP) is 3.41. The van der Waals surface area contributed by atoms with Crippen molar-refractivity contribution in [2.75, 3.05) is 20.2 Å². The van der Waals surface area contributed by atoms with Gasteiger partial charge >= 0.3 is 0 Å². The lowest BCUT2D eigenvalue weighted by atomic mass is 9.97. The molecular formula is C20H24N4O2. The van der Waals surface area contributed by atoms with Crippen molar-refractivity contribution in [1.29, 1.82) is 0 Å². The van der Waals surface area contributed by atoms with Crippen LogP contribution in [0.15, 0.2) is 36.7 Å². The number of imidazole rings is 1. The first-order valence-corrected chi connectivity index (χ1v) is 9.16. The van der Waals surface area contributed by atoms with E-state index in [1.807, 2.05) is 41.6 Å². The van der Waals surface area contributed by atoms with E-state index in [0.29, 0.717) is 18.2 Å². The lowest BCUT2D eigenvalue weighted by Gasteiger charge is -2.32. The molecule has 2 aromatic heterocycles. The number of likely N-dealkylation sites (tertiary alicyclic amines) is 1. The van der Waals surface area contributed by atoms with E-state index >= 15 is 0 Å². The molecule has 1 atom stereocenters. The van der Waals surface area contributed by atoms with Gasteiger partial charge < -0.3 is 19.2 Å². The predicted molar refractivity (Wildman–Crippen MR) is 101 cm³/mol. The third-order valence-electron chi connectivity index (χ3n) is 5.22. The summed E-state index contributed by atoms with van der Waals surface area (Å²) in [6, 6.07) is 7.70. The Morgan fingerprint density at radius 3 is 3.08 bits per heavy atom. The van der Waals surface area contributed by atoms with Gasteiger partial charge in [0.2, 0.25) is 0 Å². The minimum Gasteiger partial charge on any atom is -0.497 e. The molecule has 1 N–H and O–H groups in total. The number of hydrogen-bond acceptors (Lipinski definition) is 3. The number of carbonyl (C=O) groups is 1. The first kappa shape index (κ1) is 16.7. The second-order valence-electron chi connectivity index (χ2n) is 6.80. The Hall–Kier alpha value is -2.76. The van der Waals surface area contributed by atoms with Crippen LogP contribution in [0, 0.1) is 0 Å². The number of ether oxygens (including phenoxy) is 1. The molecule has 0 radical (unpaired) electrons. The van der Waals surface area contributed by atoms with Crippen LogP contribution in [-0.4, -0.2) is 45.5 Å². The second-order valence-corrected chi connectivity index (χ2v) is 6.80. The summed E-state index contributed by atoms with van der Waals surface area (Å²) in [5.41, 5.74) is 1.58. The molecule has 1 amide bonds. The molecule has 3 aromatic rings. The minimum absolute atomic E-state index is 0.0551. The van der Waals surface area contributed by atoms with Crippen LogP contribution in [0.5, 0.6) is 5.75 Å². The number of nitrogens with zero attached hydrogens (tertiary/aromatic N) is 3. The van der Waals surface area contributed by atoms with Crippen molar-refractivity contribution in [1.82, 2.24) is 19.4 Å². The van der Waals surface area contributed by atoms with Crippen LogP contribution in [0.3, 0.4) is 0 Å². The molecule has 1 aliphatic rings. The zero-order chi connectivity index (χ0) is 18.1. The first-order valence-electron chi connectivity index (χ1n) is 9.16. The van der Waals surface area contributed by atoms with Crippen molar-refractivity contribution in [3.63, 3.8) is 0 Å². The number of rotatable bonds is 4. The van der Waals surface area contributed by atoms with Crippen molar-refractivity contribution in [3.05, 3.63) is 48.2 Å². The van der Waals surface area contributed by atoms with E-state index in [9.17, 15) is 4.79 Å². The fourth-order valence-electron chi connectivity index (χ4n) is 3.84. The Balaban J connectivity index is 1.56. The molecule has 1 fully saturated rings. The van der Waals surface area contributed by atoms with Crippen molar-refractivity contribution in [3.8, 4) is 5.75 Å². The van der Waals surface area contributed by atoms with Gasteiger partial charge in [-0.05, 0) is 44.0 Å². The monoisotopic (exact) mass is 352 g/mol. The smallest absolute Gasteiger partial charge is 0.270 e. The number of hydrogen-bond donors (Lipinski definition) is 1. The van der Waals surface area contributed by atoms with E-state index in [2.05, 4.69) is 21.5 Å². The highest BCUT2D eigenvalue weighted by Gasteiger charge is 2.28. The number of piperidine rings is 1. The molecule has 1 saturated heterocycles. The number of aromatic amines is 1. The van der Waals surface area contributed by atoms with Crippen molar-refractivity contribution >= 4 is 16.8 Å². The topological polar surface area (TPSA) is 63.1 Å². The summed E-state index contributed by atoms with van der Waals surface area (Å²) >= 11 is 0. The van der Waals surface area contributed by atoms with Gasteiger partial charge in [0.05, 0.1) is 7.11 Å². The second kappa shape index (κ2) is 6.86. The maximum Gasteiger partial charge on any atom is 0.270 e. The van der Waals surface area contributed by atoms with Crippen LogP contribution < -0.4 is 4.74 Å². The molecule has 0 spiro atoms. The van der Waals surface area contributed by atoms with Crippen LogP contribution in [0.1, 0.15) is 42.0 Å². The van der Waals surface area contributed by atoms with Gasteiger partial charge in [-0.25, -0.2) is 4.98 Å². The Kier molecular flexibility index (Phi) is 4.41. The molecule has 0 bridgehead atoms. The molecule has 4 rings (SSSR count). The number of fused-ring (bicyclic) bond motifs is 1. The highest BCUT2D eigenvalue weighted by Crippen LogP contribution is 2.28. The number of benzene rings is 1. The summed E-state index contributed by atoms with van der Waals surface area (Å²) in [6.45, 7) is 4.54. The van der Waals surface area contributed by atoms with Gasteiger partial charge in [-0.3, -0.25) is 4.79 Å². The Labute approximate surface area is 152 Å². The largest absolute Gasteiger partial charge is 0.497 e. The molecule has 6 nitrogen and oxygen atoms in total. The summed E-state index contributed by atoms with van der Waals surface area (Å²) in [5.74, 6) is 2.23. The Morgan fingerprint density at radius 2 is 2.27 bits per heavy atom. The lowest BCUT2D eigenvalue weighted by molar-refractivity contribution is 0.0698. The molecule has 6 heteroatoms. The van der Waals surface area contributed by atoms with Gasteiger partial charge in [-0.2, -0.15) is 0 Å². The van der Waals surface area contributed by atoms with E-state index in [4.69, 9.17) is 4.74 Å². The summed E-state index contributed by atoms with van der Waals surface area (Å²) in [4.78, 5) is 22.8. The molecule has 1 aliphatic heterocycles. The summed E-state index contributed by atoms with van der Waals surface area (Å²) in [5, 5.41) is 0.989. The van der Waals surface area contributed by atoms with Crippen molar-refractivity contribution in [2.24, 2.45) is 0 Å². The quantitative estimate of drug-likeness (QED) is 0.783. The maximum absolute atomic E-state index is 13.0. The Bertz CT molecular complexity index is 927. The molecule has 1 aromatic carbocycles. The first-order chi connectivity index (χ1) is 12.7. The normalized spacial score (nSPS) is 17.6. The van der Waals surface area contributed by atoms with Crippen LogP contribution >= 0.6 is 0 Å². The average molecular weight is 352 g/mol. The van der Waals surface area contributed by atoms with Crippen LogP contribution in [0.25, 0.3) is 10.9 Å². The van der Waals surface area contributed by atoms with Crippen LogP contribution in [0.2, 0.25) is 0 Å². The summed E-state index contributed by atoms with van der Waals surface area (Å²) in [6.07, 6.45) is 5.94. The molecule has 0 aliphatic carbocycles. The highest BCUT2D eigenvalue weighted by molar-refractivity contribution is 5.98. The standard InChI is InChI=1S/C20H24N4O2/c1-3-23-10-8-21-19(23)14-5-4-9-24(13-14)20(25)18-12-15-11-16(26-2)6-7-17(15)22-18/h6-8,10-12,14,22H,3-5,9,13H2,1-2H3/t14-/m0/s1. The fourth-order valence-corrected chi connectivity index (χ4v) is 3.84. The highest BCUT2D eigenvalue weighted by atomic mass is 16.5. The van der Waals surface area contributed by atoms with Gasteiger partial charge in [0.25, 0.3) is 5.91 Å². The van der Waals surface area contributed by atoms with E-state index in [1.165, 1.54) is 0 Å². The van der Waals surface area contributed by atoms with Gasteiger partial charge in [0.15, 0.2) is 0 Å². The van der Waals surface area contributed by atoms with Crippen LogP contribution in [0.4, 0.5) is 0 Å². The zero-order valence-corrected chi connectivity index (χ0v) is 15.2. The number of carbonyl (C=O) groups excluding carboxylic acids is 1. The van der Waals surface area contributed by atoms with E-state index < -0.39 is 0 Å². The van der Waals surface area contributed by atoms with Gasteiger partial charge in [-0.1, -0.05) is 0 Å². The fraction of sp³-hybridized carbons (Fsp3) is 0.400. The van der Waals surface area contributed by atoms with E-state index in [0.717, 1.165) is 48.4 Å². The molecular weight excluding hydrogens is 328 g/mol.